The molecule has 0 saturated carbocycles. The molecule has 1 aromatic carbocycles. The van der Waals surface area contributed by atoms with E-state index in [1.165, 1.54) is 10.4 Å². The Morgan fingerprint density at radius 3 is 2.26 bits per heavy atom. The molecule has 0 radical (unpaired) electrons. The monoisotopic (exact) mass is 466 g/mol. The number of nitrogens with zero attached hydrogens (tertiary/aromatic N) is 4. The summed E-state index contributed by atoms with van der Waals surface area (Å²) in [5, 5.41) is -0.225. The Labute approximate surface area is 186 Å². The van der Waals surface area contributed by atoms with Crippen LogP contribution in [-0.4, -0.2) is 67.8 Å². The summed E-state index contributed by atoms with van der Waals surface area (Å²) in [6.45, 7) is 3.32. The zero-order chi connectivity index (χ0) is 22.0. The standard InChI is InChI=1S/C21H24ClFN4O3S/c22-19-15-18(1-2-20(19)23)31(29,30)27-9-5-16(6-10-27)21(28)26-13-11-25(12-14-26)17-3-7-24-8-4-17/h1-4,7-8,15-16H,5-6,9-14H2. The van der Waals surface area contributed by atoms with Crippen molar-refractivity contribution in [3.63, 3.8) is 0 Å². The Hall–Kier alpha value is -2.23. The van der Waals surface area contributed by atoms with Gasteiger partial charge in [-0.3, -0.25) is 9.78 Å². The quantitative estimate of drug-likeness (QED) is 0.692. The number of sulfonamides is 1. The van der Waals surface area contributed by atoms with E-state index < -0.39 is 15.8 Å². The van der Waals surface area contributed by atoms with Crippen molar-refractivity contribution < 1.29 is 17.6 Å². The molecule has 0 N–H and O–H groups in total. The number of hydrogen-bond acceptors (Lipinski definition) is 5. The number of anilines is 1. The van der Waals surface area contributed by atoms with E-state index in [0.717, 1.165) is 30.9 Å². The van der Waals surface area contributed by atoms with Crippen LogP contribution in [0.1, 0.15) is 12.8 Å². The molecule has 0 atom stereocenters. The second-order valence-electron chi connectivity index (χ2n) is 7.77. The fourth-order valence-corrected chi connectivity index (χ4v) is 5.87. The van der Waals surface area contributed by atoms with Crippen molar-refractivity contribution in [2.24, 2.45) is 5.92 Å². The predicted molar refractivity (Wildman–Crippen MR) is 116 cm³/mol. The summed E-state index contributed by atoms with van der Waals surface area (Å²) in [4.78, 5) is 21.1. The molecule has 0 bridgehead atoms. The molecule has 1 amide bonds. The van der Waals surface area contributed by atoms with E-state index in [2.05, 4.69) is 9.88 Å². The van der Waals surface area contributed by atoms with Crippen LogP contribution in [0.3, 0.4) is 0 Å². The van der Waals surface area contributed by atoms with Gasteiger partial charge in [-0.15, -0.1) is 0 Å². The predicted octanol–water partition coefficient (Wildman–Crippen LogP) is 2.62. The van der Waals surface area contributed by atoms with E-state index in [9.17, 15) is 17.6 Å². The van der Waals surface area contributed by atoms with E-state index in [1.807, 2.05) is 17.0 Å². The fraction of sp³-hybridized carbons (Fsp3) is 0.429. The minimum Gasteiger partial charge on any atom is -0.368 e. The number of carbonyl (C=O) groups is 1. The van der Waals surface area contributed by atoms with Crippen molar-refractivity contribution in [3.05, 3.63) is 53.6 Å². The zero-order valence-corrected chi connectivity index (χ0v) is 18.5. The molecule has 31 heavy (non-hydrogen) atoms. The maximum Gasteiger partial charge on any atom is 0.243 e. The van der Waals surface area contributed by atoms with Crippen LogP contribution in [0.25, 0.3) is 0 Å². The second kappa shape index (κ2) is 9.10. The molecule has 2 fully saturated rings. The average molecular weight is 467 g/mol. The van der Waals surface area contributed by atoms with E-state index in [0.29, 0.717) is 25.9 Å². The highest BCUT2D eigenvalue weighted by molar-refractivity contribution is 7.89. The normalized spacial score (nSPS) is 18.9. The first kappa shape index (κ1) is 22.0. The first-order valence-electron chi connectivity index (χ1n) is 10.3. The number of amides is 1. The molecule has 0 unspecified atom stereocenters. The largest absolute Gasteiger partial charge is 0.368 e. The minimum absolute atomic E-state index is 0.0316. The van der Waals surface area contributed by atoms with Gasteiger partial charge in [0.25, 0.3) is 0 Å². The molecular formula is C21H24ClFN4O3S. The van der Waals surface area contributed by atoms with E-state index in [1.54, 1.807) is 12.4 Å². The van der Waals surface area contributed by atoms with Crippen LogP contribution in [0.5, 0.6) is 0 Å². The van der Waals surface area contributed by atoms with Crippen molar-refractivity contribution in [1.82, 2.24) is 14.2 Å². The van der Waals surface area contributed by atoms with Crippen molar-refractivity contribution >= 4 is 33.2 Å². The highest BCUT2D eigenvalue weighted by Crippen LogP contribution is 2.28. The Bertz CT molecular complexity index is 1040. The number of piperazine rings is 1. The van der Waals surface area contributed by atoms with Crippen molar-refractivity contribution in [2.45, 2.75) is 17.7 Å². The topological polar surface area (TPSA) is 73.8 Å². The molecule has 2 aliphatic rings. The lowest BCUT2D eigenvalue weighted by Crippen LogP contribution is -2.52. The SMILES string of the molecule is O=C(C1CCN(S(=O)(=O)c2ccc(F)c(Cl)c2)CC1)N1CCN(c2ccncc2)CC1. The summed E-state index contributed by atoms with van der Waals surface area (Å²) < 4.78 is 40.4. The first-order valence-corrected chi connectivity index (χ1v) is 12.1. The molecule has 2 saturated heterocycles. The van der Waals surface area contributed by atoms with Crippen molar-refractivity contribution in [3.8, 4) is 0 Å². The lowest BCUT2D eigenvalue weighted by Gasteiger charge is -2.39. The summed E-state index contributed by atoms with van der Waals surface area (Å²) in [6, 6.07) is 7.32. The molecule has 10 heteroatoms. The van der Waals surface area contributed by atoms with Gasteiger partial charge in [-0.1, -0.05) is 11.6 Å². The molecule has 3 heterocycles. The van der Waals surface area contributed by atoms with Gasteiger partial charge in [0.15, 0.2) is 0 Å². The molecule has 7 nitrogen and oxygen atoms in total. The fourth-order valence-electron chi connectivity index (χ4n) is 4.13. The number of rotatable bonds is 4. The van der Waals surface area contributed by atoms with Crippen LogP contribution in [0.2, 0.25) is 5.02 Å². The van der Waals surface area contributed by atoms with Gasteiger partial charge in [-0.05, 0) is 43.2 Å². The van der Waals surface area contributed by atoms with Crippen LogP contribution in [0, 0.1) is 11.7 Å². The van der Waals surface area contributed by atoms with Gasteiger partial charge in [-0.2, -0.15) is 4.31 Å². The molecule has 166 valence electrons. The van der Waals surface area contributed by atoms with Crippen LogP contribution in [0.15, 0.2) is 47.6 Å². The first-order chi connectivity index (χ1) is 14.9. The third-order valence-electron chi connectivity index (χ3n) is 5.95. The molecule has 4 rings (SSSR count). The van der Waals surface area contributed by atoms with E-state index in [4.69, 9.17) is 11.6 Å². The average Bonchev–Trinajstić information content (AvgIpc) is 2.81. The third-order valence-corrected chi connectivity index (χ3v) is 8.14. The third kappa shape index (κ3) is 4.68. The lowest BCUT2D eigenvalue weighted by atomic mass is 9.96. The smallest absolute Gasteiger partial charge is 0.243 e. The summed E-state index contributed by atoms with van der Waals surface area (Å²) in [6.07, 6.45) is 4.46. The van der Waals surface area contributed by atoms with E-state index in [-0.39, 0.29) is 34.8 Å². The van der Waals surface area contributed by atoms with Gasteiger partial charge < -0.3 is 9.80 Å². The Kier molecular flexibility index (Phi) is 6.45. The molecule has 0 aliphatic carbocycles. The number of benzene rings is 1. The van der Waals surface area contributed by atoms with Crippen LogP contribution in [0.4, 0.5) is 10.1 Å². The number of aromatic nitrogens is 1. The van der Waals surface area contributed by atoms with Gasteiger partial charge in [0.1, 0.15) is 5.82 Å². The Morgan fingerprint density at radius 1 is 1.00 bits per heavy atom. The van der Waals surface area contributed by atoms with Crippen LogP contribution < -0.4 is 4.90 Å². The molecule has 0 spiro atoms. The second-order valence-corrected chi connectivity index (χ2v) is 10.1. The molecule has 1 aromatic heterocycles. The Balaban J connectivity index is 1.32. The van der Waals surface area contributed by atoms with Gasteiger partial charge in [0.05, 0.1) is 9.92 Å². The summed E-state index contributed by atoms with van der Waals surface area (Å²) in [5.41, 5.74) is 1.10. The zero-order valence-electron chi connectivity index (χ0n) is 17.0. The number of pyridine rings is 1. The van der Waals surface area contributed by atoms with Gasteiger partial charge in [-0.25, -0.2) is 12.8 Å². The maximum atomic E-state index is 13.4. The molecule has 2 aliphatic heterocycles. The lowest BCUT2D eigenvalue weighted by molar-refractivity contribution is -0.137. The highest BCUT2D eigenvalue weighted by atomic mass is 35.5. The summed E-state index contributed by atoms with van der Waals surface area (Å²) in [7, 11) is -3.77. The Morgan fingerprint density at radius 2 is 1.65 bits per heavy atom. The maximum absolute atomic E-state index is 13.4. The summed E-state index contributed by atoms with van der Waals surface area (Å²) >= 11 is 5.74. The molecular weight excluding hydrogens is 443 g/mol. The van der Waals surface area contributed by atoms with Crippen LogP contribution >= 0.6 is 11.6 Å². The van der Waals surface area contributed by atoms with Crippen molar-refractivity contribution in [2.75, 3.05) is 44.2 Å². The van der Waals surface area contributed by atoms with Crippen LogP contribution in [-0.2, 0) is 14.8 Å². The number of carbonyl (C=O) groups excluding carboxylic acids is 1. The number of piperidine rings is 1. The summed E-state index contributed by atoms with van der Waals surface area (Å²) in [5.74, 6) is -0.749. The van der Waals surface area contributed by atoms with Gasteiger partial charge in [0, 0.05) is 63.3 Å². The van der Waals surface area contributed by atoms with Gasteiger partial charge >= 0.3 is 0 Å². The highest BCUT2D eigenvalue weighted by Gasteiger charge is 2.34. The minimum atomic E-state index is -3.77. The number of hydrogen-bond donors (Lipinski definition) is 0. The number of halogens is 2. The van der Waals surface area contributed by atoms with Crippen molar-refractivity contribution in [1.29, 1.82) is 0 Å². The molecule has 2 aromatic rings. The van der Waals surface area contributed by atoms with E-state index >= 15 is 0 Å². The van der Waals surface area contributed by atoms with Gasteiger partial charge in [0.2, 0.25) is 15.9 Å².